The predicted octanol–water partition coefficient (Wildman–Crippen LogP) is 5.61. The molecule has 0 spiro atoms. The lowest BCUT2D eigenvalue weighted by Crippen LogP contribution is -2.42. The molecule has 3 aromatic heterocycles. The van der Waals surface area contributed by atoms with Crippen molar-refractivity contribution in [1.82, 2.24) is 20.2 Å². The number of fused-ring (bicyclic) bond motifs is 1. The Morgan fingerprint density at radius 2 is 1.89 bits per heavy atom. The lowest BCUT2D eigenvalue weighted by atomic mass is 10.0. The van der Waals surface area contributed by atoms with E-state index >= 15 is 0 Å². The van der Waals surface area contributed by atoms with Crippen molar-refractivity contribution >= 4 is 27.3 Å². The fourth-order valence-corrected chi connectivity index (χ4v) is 5.75. The molecule has 8 heteroatoms. The monoisotopic (exact) mass is 516 g/mol. The Hall–Kier alpha value is -3.20. The van der Waals surface area contributed by atoms with Crippen LogP contribution in [-0.2, 0) is 17.8 Å². The second-order valence-electron chi connectivity index (χ2n) is 9.94. The van der Waals surface area contributed by atoms with E-state index in [1.165, 1.54) is 23.0 Å². The smallest absolute Gasteiger partial charge is 0.166 e. The molecule has 4 heterocycles. The first-order chi connectivity index (χ1) is 18.1. The molecule has 37 heavy (non-hydrogen) atoms. The number of thiophene rings is 1. The highest BCUT2D eigenvalue weighted by molar-refractivity contribution is 7.22. The molecule has 2 aliphatic rings. The summed E-state index contributed by atoms with van der Waals surface area (Å²) in [6.07, 6.45) is 6.75. The number of benzene rings is 1. The number of nitrogens with zero attached hydrogens (tertiary/aromatic N) is 3. The molecule has 0 unspecified atom stereocenters. The minimum absolute atomic E-state index is 0.135. The third-order valence-corrected chi connectivity index (χ3v) is 8.06. The van der Waals surface area contributed by atoms with Crippen LogP contribution in [0, 0.1) is 11.7 Å². The molecule has 0 radical (unpaired) electrons. The number of ketones is 1. The van der Waals surface area contributed by atoms with Gasteiger partial charge < -0.3 is 10.1 Å². The molecule has 1 aliphatic heterocycles. The Bertz CT molecular complexity index is 1410. The summed E-state index contributed by atoms with van der Waals surface area (Å²) in [4.78, 5) is 24.8. The number of aromatic nitrogens is 2. The zero-order valence-corrected chi connectivity index (χ0v) is 21.4. The van der Waals surface area contributed by atoms with Gasteiger partial charge in [0.2, 0.25) is 0 Å². The quantitative estimate of drug-likeness (QED) is 0.312. The van der Waals surface area contributed by atoms with E-state index in [0.29, 0.717) is 23.7 Å². The standard InChI is InChI=1S/C29H29FN4O2S/c30-23-15-20(14-22(35)13-19-1-2-19)4-6-26(23)36-27-7-8-32-25-16-28(37-29(25)27)24-5-3-21(17-33-24)18-34-11-9-31-10-12-34/h3-8,15-17,19,31H,1-2,9-14,18H2. The van der Waals surface area contributed by atoms with E-state index in [1.54, 1.807) is 24.4 Å². The molecular weight excluding hydrogens is 487 g/mol. The van der Waals surface area contributed by atoms with Gasteiger partial charge in [-0.15, -0.1) is 11.3 Å². The Labute approximate surface area is 219 Å². The maximum Gasteiger partial charge on any atom is 0.166 e. The average Bonchev–Trinajstić information content (AvgIpc) is 3.60. The van der Waals surface area contributed by atoms with Crippen molar-refractivity contribution < 1.29 is 13.9 Å². The number of nitrogens with one attached hydrogen (secondary N) is 1. The summed E-state index contributed by atoms with van der Waals surface area (Å²) >= 11 is 1.53. The molecule has 0 amide bonds. The first kappa shape index (κ1) is 24.2. The summed E-state index contributed by atoms with van der Waals surface area (Å²) in [5.41, 5.74) is 3.54. The van der Waals surface area contributed by atoms with Gasteiger partial charge in [-0.1, -0.05) is 12.1 Å². The van der Waals surface area contributed by atoms with Crippen molar-refractivity contribution in [2.45, 2.75) is 32.2 Å². The number of halogens is 1. The minimum Gasteiger partial charge on any atom is -0.453 e. The summed E-state index contributed by atoms with van der Waals surface area (Å²) in [6.45, 7) is 5.06. The van der Waals surface area contributed by atoms with Gasteiger partial charge in [0.25, 0.3) is 0 Å². The highest BCUT2D eigenvalue weighted by Gasteiger charge is 2.24. The van der Waals surface area contributed by atoms with Gasteiger partial charge in [-0.3, -0.25) is 19.7 Å². The minimum atomic E-state index is -0.472. The molecule has 0 bridgehead atoms. The zero-order valence-electron chi connectivity index (χ0n) is 20.6. The number of piperazine rings is 1. The Morgan fingerprint density at radius 3 is 2.65 bits per heavy atom. The van der Waals surface area contributed by atoms with Crippen LogP contribution in [0.1, 0.15) is 30.4 Å². The van der Waals surface area contributed by atoms with Gasteiger partial charge in [0.1, 0.15) is 11.5 Å². The summed E-state index contributed by atoms with van der Waals surface area (Å²) in [5.74, 6) is 0.919. The van der Waals surface area contributed by atoms with Gasteiger partial charge in [-0.05, 0) is 54.2 Å². The summed E-state index contributed by atoms with van der Waals surface area (Å²) in [6, 6.07) is 12.7. The number of ether oxygens (including phenoxy) is 1. The van der Waals surface area contributed by atoms with Crippen molar-refractivity contribution in [3.8, 4) is 22.1 Å². The van der Waals surface area contributed by atoms with Crippen LogP contribution in [0.15, 0.2) is 54.9 Å². The Balaban J connectivity index is 1.17. The summed E-state index contributed by atoms with van der Waals surface area (Å²) in [5, 5.41) is 3.38. The highest BCUT2D eigenvalue weighted by Crippen LogP contribution is 2.39. The van der Waals surface area contributed by atoms with E-state index in [2.05, 4.69) is 21.3 Å². The van der Waals surface area contributed by atoms with E-state index in [0.717, 1.165) is 66.4 Å². The molecular formula is C29H29FN4O2S. The van der Waals surface area contributed by atoms with Crippen LogP contribution in [0.5, 0.6) is 11.5 Å². The van der Waals surface area contributed by atoms with E-state index < -0.39 is 5.82 Å². The zero-order chi connectivity index (χ0) is 25.2. The van der Waals surface area contributed by atoms with Crippen LogP contribution >= 0.6 is 11.3 Å². The van der Waals surface area contributed by atoms with Crippen LogP contribution in [-0.4, -0.2) is 46.8 Å². The maximum absolute atomic E-state index is 14.9. The van der Waals surface area contributed by atoms with E-state index in [-0.39, 0.29) is 18.0 Å². The van der Waals surface area contributed by atoms with E-state index in [9.17, 15) is 9.18 Å². The normalized spacial score (nSPS) is 16.2. The highest BCUT2D eigenvalue weighted by atomic mass is 32.1. The molecule has 2 fully saturated rings. The molecule has 6 nitrogen and oxygen atoms in total. The van der Waals surface area contributed by atoms with Gasteiger partial charge in [0.05, 0.1) is 20.8 Å². The number of carbonyl (C=O) groups is 1. The third-order valence-electron chi connectivity index (χ3n) is 6.90. The van der Waals surface area contributed by atoms with Gasteiger partial charge in [0, 0.05) is 64.0 Å². The molecule has 1 aliphatic carbocycles. The van der Waals surface area contributed by atoms with Crippen molar-refractivity contribution in [2.75, 3.05) is 26.2 Å². The topological polar surface area (TPSA) is 67.3 Å². The molecule has 6 rings (SSSR count). The fraction of sp³-hybridized carbons (Fsp3) is 0.345. The second-order valence-corrected chi connectivity index (χ2v) is 11.0. The van der Waals surface area contributed by atoms with E-state index in [1.807, 2.05) is 18.3 Å². The summed E-state index contributed by atoms with van der Waals surface area (Å²) in [7, 11) is 0. The van der Waals surface area contributed by atoms with Crippen LogP contribution in [0.25, 0.3) is 20.8 Å². The first-order valence-electron chi connectivity index (χ1n) is 12.9. The van der Waals surface area contributed by atoms with Gasteiger partial charge in [-0.2, -0.15) is 0 Å². The van der Waals surface area contributed by atoms with Crippen molar-refractivity contribution in [1.29, 1.82) is 0 Å². The van der Waals surface area contributed by atoms with Gasteiger partial charge in [-0.25, -0.2) is 4.39 Å². The lowest BCUT2D eigenvalue weighted by molar-refractivity contribution is -0.118. The van der Waals surface area contributed by atoms with Crippen LogP contribution in [0.4, 0.5) is 4.39 Å². The Morgan fingerprint density at radius 1 is 1.05 bits per heavy atom. The van der Waals surface area contributed by atoms with Crippen molar-refractivity contribution in [2.24, 2.45) is 5.92 Å². The van der Waals surface area contributed by atoms with Gasteiger partial charge >= 0.3 is 0 Å². The number of hydrogen-bond donors (Lipinski definition) is 1. The first-order valence-corrected chi connectivity index (χ1v) is 13.7. The summed E-state index contributed by atoms with van der Waals surface area (Å²) < 4.78 is 21.7. The largest absolute Gasteiger partial charge is 0.453 e. The molecule has 1 saturated carbocycles. The number of Topliss-reactive ketones (excluding diaryl/α,β-unsaturated/α-hetero) is 1. The number of carbonyl (C=O) groups excluding carboxylic acids is 1. The number of hydrogen-bond acceptors (Lipinski definition) is 7. The van der Waals surface area contributed by atoms with Crippen LogP contribution in [0.3, 0.4) is 0 Å². The SMILES string of the molecule is O=C(Cc1ccc(Oc2ccnc3cc(-c4ccc(CN5CCNCC5)cn4)sc23)c(F)c1)CC1CC1. The van der Waals surface area contributed by atoms with Gasteiger partial charge in [0.15, 0.2) is 11.6 Å². The lowest BCUT2D eigenvalue weighted by Gasteiger charge is -2.27. The molecule has 0 atom stereocenters. The van der Waals surface area contributed by atoms with Crippen LogP contribution in [0.2, 0.25) is 0 Å². The second kappa shape index (κ2) is 10.7. The maximum atomic E-state index is 14.9. The Kier molecular flexibility index (Phi) is 6.95. The van der Waals surface area contributed by atoms with Crippen LogP contribution < -0.4 is 10.1 Å². The molecule has 4 aromatic rings. The predicted molar refractivity (Wildman–Crippen MR) is 144 cm³/mol. The molecule has 190 valence electrons. The number of pyridine rings is 2. The van der Waals surface area contributed by atoms with E-state index in [4.69, 9.17) is 9.72 Å². The molecule has 1 saturated heterocycles. The molecule has 1 aromatic carbocycles. The fourth-order valence-electron chi connectivity index (χ4n) is 4.71. The van der Waals surface area contributed by atoms with Crippen molar-refractivity contribution in [3.05, 3.63) is 71.8 Å². The number of rotatable bonds is 9. The average molecular weight is 517 g/mol. The third kappa shape index (κ3) is 5.87. The molecule has 1 N–H and O–H groups in total. The van der Waals surface area contributed by atoms with Crippen molar-refractivity contribution in [3.63, 3.8) is 0 Å².